The molecule has 2 aromatic rings. The van der Waals surface area contributed by atoms with E-state index in [9.17, 15) is 0 Å². The number of benzene rings is 1. The van der Waals surface area contributed by atoms with Crippen LogP contribution in [0.15, 0.2) is 22.7 Å². The second-order valence-corrected chi connectivity index (χ2v) is 5.70. The van der Waals surface area contributed by atoms with E-state index in [1.54, 1.807) is 7.11 Å². The van der Waals surface area contributed by atoms with Gasteiger partial charge in [0.1, 0.15) is 11.6 Å². The largest absolute Gasteiger partial charge is 0.495 e. The van der Waals surface area contributed by atoms with Crippen LogP contribution in [0.4, 0.5) is 5.69 Å². The smallest absolute Gasteiger partial charge is 0.152 e. The first-order valence-electron chi connectivity index (χ1n) is 6.76. The zero-order chi connectivity index (χ0) is 13.9. The lowest BCUT2D eigenvalue weighted by Gasteiger charge is -2.15. The van der Waals surface area contributed by atoms with Crippen LogP contribution in [0.3, 0.4) is 0 Å². The number of aromatic nitrogens is 3. The van der Waals surface area contributed by atoms with Crippen LogP contribution in [-0.2, 0) is 19.5 Å². The number of halogens is 1. The summed E-state index contributed by atoms with van der Waals surface area (Å²) in [4.78, 5) is 0. The molecular weight excluding hydrogens is 320 g/mol. The van der Waals surface area contributed by atoms with E-state index in [0.29, 0.717) is 6.54 Å². The van der Waals surface area contributed by atoms with E-state index in [1.165, 1.54) is 12.8 Å². The van der Waals surface area contributed by atoms with E-state index in [1.807, 2.05) is 18.2 Å². The third kappa shape index (κ3) is 2.65. The summed E-state index contributed by atoms with van der Waals surface area (Å²) in [6, 6.07) is 5.96. The van der Waals surface area contributed by atoms with E-state index in [4.69, 9.17) is 4.74 Å². The van der Waals surface area contributed by atoms with E-state index in [0.717, 1.165) is 40.5 Å². The SMILES string of the molecule is COc1cc(NCc2nnc3n2CCCC3)ccc1Br. The molecule has 1 N–H and O–H groups in total. The van der Waals surface area contributed by atoms with E-state index in [-0.39, 0.29) is 0 Å². The number of hydrogen-bond donors (Lipinski definition) is 1. The molecule has 106 valence electrons. The first kappa shape index (κ1) is 13.4. The fraction of sp³-hybridized carbons (Fsp3) is 0.429. The van der Waals surface area contributed by atoms with Crippen molar-refractivity contribution in [3.8, 4) is 5.75 Å². The predicted octanol–water partition coefficient (Wildman–Crippen LogP) is 3.00. The topological polar surface area (TPSA) is 52.0 Å². The lowest BCUT2D eigenvalue weighted by molar-refractivity contribution is 0.412. The summed E-state index contributed by atoms with van der Waals surface area (Å²) in [7, 11) is 1.67. The van der Waals surface area contributed by atoms with Crippen molar-refractivity contribution in [2.45, 2.75) is 32.4 Å². The Kier molecular flexibility index (Phi) is 3.91. The molecule has 0 bridgehead atoms. The molecule has 0 unspecified atom stereocenters. The standard InChI is InChI=1S/C14H17BrN4O/c1-20-12-8-10(5-6-11(12)15)16-9-14-18-17-13-4-2-3-7-19(13)14/h5-6,8,16H,2-4,7,9H2,1H3. The highest BCUT2D eigenvalue weighted by Gasteiger charge is 2.15. The Hall–Kier alpha value is -1.56. The van der Waals surface area contributed by atoms with Crippen molar-refractivity contribution >= 4 is 21.6 Å². The maximum Gasteiger partial charge on any atom is 0.152 e. The van der Waals surface area contributed by atoms with Crippen molar-refractivity contribution in [2.24, 2.45) is 0 Å². The number of hydrogen-bond acceptors (Lipinski definition) is 4. The molecule has 0 radical (unpaired) electrons. The number of rotatable bonds is 4. The highest BCUT2D eigenvalue weighted by Crippen LogP contribution is 2.28. The minimum Gasteiger partial charge on any atom is -0.495 e. The molecule has 5 nitrogen and oxygen atoms in total. The number of fused-ring (bicyclic) bond motifs is 1. The molecular formula is C14H17BrN4O. The molecule has 6 heteroatoms. The van der Waals surface area contributed by atoms with Crippen molar-refractivity contribution in [2.75, 3.05) is 12.4 Å². The fourth-order valence-corrected chi connectivity index (χ4v) is 2.86. The Labute approximate surface area is 126 Å². The number of aryl methyl sites for hydroxylation is 1. The van der Waals surface area contributed by atoms with Gasteiger partial charge in [-0.1, -0.05) is 0 Å². The van der Waals surface area contributed by atoms with Crippen LogP contribution >= 0.6 is 15.9 Å². The summed E-state index contributed by atoms with van der Waals surface area (Å²) >= 11 is 3.45. The van der Waals surface area contributed by atoms with Crippen molar-refractivity contribution in [3.63, 3.8) is 0 Å². The van der Waals surface area contributed by atoms with Gasteiger partial charge in [0.25, 0.3) is 0 Å². The Bertz CT molecular complexity index is 611. The van der Waals surface area contributed by atoms with Crippen molar-refractivity contribution in [1.29, 1.82) is 0 Å². The molecule has 0 amide bonds. The molecule has 0 saturated carbocycles. The second-order valence-electron chi connectivity index (χ2n) is 4.84. The summed E-state index contributed by atoms with van der Waals surface area (Å²) in [6.07, 6.45) is 3.47. The quantitative estimate of drug-likeness (QED) is 0.932. The molecule has 0 aliphatic carbocycles. The van der Waals surface area contributed by atoms with Gasteiger partial charge < -0.3 is 14.6 Å². The van der Waals surface area contributed by atoms with Crippen LogP contribution in [0.25, 0.3) is 0 Å². The van der Waals surface area contributed by atoms with Gasteiger partial charge in [-0.3, -0.25) is 0 Å². The monoisotopic (exact) mass is 336 g/mol. The molecule has 3 rings (SSSR count). The van der Waals surface area contributed by atoms with Crippen molar-refractivity contribution in [1.82, 2.24) is 14.8 Å². The lowest BCUT2D eigenvalue weighted by atomic mass is 10.2. The van der Waals surface area contributed by atoms with E-state index >= 15 is 0 Å². The van der Waals surface area contributed by atoms with Crippen LogP contribution in [0.1, 0.15) is 24.5 Å². The minimum absolute atomic E-state index is 0.678. The molecule has 1 aromatic carbocycles. The summed E-state index contributed by atoms with van der Waals surface area (Å²) in [5.74, 6) is 2.93. The van der Waals surface area contributed by atoms with Crippen LogP contribution in [0.2, 0.25) is 0 Å². The molecule has 0 atom stereocenters. The normalized spacial score (nSPS) is 13.9. The van der Waals surface area contributed by atoms with Crippen LogP contribution in [-0.4, -0.2) is 21.9 Å². The maximum absolute atomic E-state index is 5.29. The Balaban J connectivity index is 1.72. The van der Waals surface area contributed by atoms with Crippen LogP contribution < -0.4 is 10.1 Å². The van der Waals surface area contributed by atoms with Gasteiger partial charge in [-0.15, -0.1) is 10.2 Å². The molecule has 1 aromatic heterocycles. The molecule has 0 spiro atoms. The van der Waals surface area contributed by atoms with Crippen LogP contribution in [0.5, 0.6) is 5.75 Å². The van der Waals surface area contributed by atoms with Gasteiger partial charge in [0.05, 0.1) is 18.1 Å². The van der Waals surface area contributed by atoms with Crippen LogP contribution in [0, 0.1) is 0 Å². The van der Waals surface area contributed by atoms with Crippen molar-refractivity contribution < 1.29 is 4.74 Å². The van der Waals surface area contributed by atoms with E-state index in [2.05, 4.69) is 36.0 Å². The number of anilines is 1. The highest BCUT2D eigenvalue weighted by molar-refractivity contribution is 9.10. The summed E-state index contributed by atoms with van der Waals surface area (Å²) < 4.78 is 8.47. The summed E-state index contributed by atoms with van der Waals surface area (Å²) in [6.45, 7) is 1.71. The molecule has 1 aliphatic heterocycles. The number of ether oxygens (including phenoxy) is 1. The number of methoxy groups -OCH3 is 1. The Morgan fingerprint density at radius 2 is 2.25 bits per heavy atom. The molecule has 0 fully saturated rings. The summed E-state index contributed by atoms with van der Waals surface area (Å²) in [5, 5.41) is 11.9. The van der Waals surface area contributed by atoms with Gasteiger partial charge >= 0.3 is 0 Å². The third-order valence-corrected chi connectivity index (χ3v) is 4.19. The average Bonchev–Trinajstić information content (AvgIpc) is 2.90. The fourth-order valence-electron chi connectivity index (χ4n) is 2.45. The van der Waals surface area contributed by atoms with Gasteiger partial charge in [0.2, 0.25) is 0 Å². The average molecular weight is 337 g/mol. The zero-order valence-corrected chi connectivity index (χ0v) is 13.0. The Morgan fingerprint density at radius 1 is 1.35 bits per heavy atom. The molecule has 1 aliphatic rings. The molecule has 2 heterocycles. The molecule has 20 heavy (non-hydrogen) atoms. The number of nitrogens with one attached hydrogen (secondary N) is 1. The van der Waals surface area contributed by atoms with Gasteiger partial charge in [-0.25, -0.2) is 0 Å². The molecule has 0 saturated heterocycles. The number of nitrogens with zero attached hydrogens (tertiary/aromatic N) is 3. The first-order valence-corrected chi connectivity index (χ1v) is 7.55. The third-order valence-electron chi connectivity index (χ3n) is 3.54. The minimum atomic E-state index is 0.678. The van der Waals surface area contributed by atoms with Crippen molar-refractivity contribution in [3.05, 3.63) is 34.3 Å². The second kappa shape index (κ2) is 5.83. The summed E-state index contributed by atoms with van der Waals surface area (Å²) in [5.41, 5.74) is 1.01. The van der Waals surface area contributed by atoms with Gasteiger partial charge in [0, 0.05) is 24.7 Å². The predicted molar refractivity (Wildman–Crippen MR) is 81.0 cm³/mol. The first-order chi connectivity index (χ1) is 9.78. The Morgan fingerprint density at radius 3 is 3.10 bits per heavy atom. The van der Waals surface area contributed by atoms with E-state index < -0.39 is 0 Å². The van der Waals surface area contributed by atoms with Gasteiger partial charge in [-0.05, 0) is 40.9 Å². The zero-order valence-electron chi connectivity index (χ0n) is 11.4. The van der Waals surface area contributed by atoms with Gasteiger partial charge in [-0.2, -0.15) is 0 Å². The highest BCUT2D eigenvalue weighted by atomic mass is 79.9. The maximum atomic E-state index is 5.29. The lowest BCUT2D eigenvalue weighted by Crippen LogP contribution is -2.15. The van der Waals surface area contributed by atoms with Gasteiger partial charge in [0.15, 0.2) is 5.82 Å².